The van der Waals surface area contributed by atoms with Crippen molar-refractivity contribution in [3.63, 3.8) is 0 Å². The number of amides is 2. The molecule has 3 rings (SSSR count). The molecule has 0 aliphatic carbocycles. The minimum absolute atomic E-state index is 0.101. The quantitative estimate of drug-likeness (QED) is 0.228. The molecular weight excluding hydrogens is 488 g/mol. The van der Waals surface area contributed by atoms with Gasteiger partial charge in [0.05, 0.1) is 0 Å². The van der Waals surface area contributed by atoms with Gasteiger partial charge >= 0.3 is 6.03 Å². The number of nitrogens with zero attached hydrogens (tertiary/aromatic N) is 2. The molecule has 2 aromatic rings. The van der Waals surface area contributed by atoms with Crippen LogP contribution in [-0.2, 0) is 24.4 Å². The Morgan fingerprint density at radius 1 is 1.00 bits per heavy atom. The van der Waals surface area contributed by atoms with Gasteiger partial charge in [0.25, 0.3) is 0 Å². The van der Waals surface area contributed by atoms with E-state index >= 15 is 0 Å². The van der Waals surface area contributed by atoms with E-state index in [9.17, 15) is 9.00 Å². The van der Waals surface area contributed by atoms with Crippen LogP contribution in [0, 0.1) is 0 Å². The van der Waals surface area contributed by atoms with Gasteiger partial charge in [0.1, 0.15) is 11.5 Å². The summed E-state index contributed by atoms with van der Waals surface area (Å²) in [5, 5.41) is 3.11. The van der Waals surface area contributed by atoms with Crippen molar-refractivity contribution in [1.82, 2.24) is 19.8 Å². The highest BCUT2D eigenvalue weighted by atomic mass is 32.2. The van der Waals surface area contributed by atoms with E-state index in [0.29, 0.717) is 12.6 Å². The van der Waals surface area contributed by atoms with Crippen LogP contribution >= 0.6 is 0 Å². The van der Waals surface area contributed by atoms with Crippen LogP contribution in [0.1, 0.15) is 63.5 Å². The van der Waals surface area contributed by atoms with E-state index in [-0.39, 0.29) is 6.03 Å². The molecule has 0 saturated carbocycles. The fourth-order valence-electron chi connectivity index (χ4n) is 4.52. The second-order valence-corrected chi connectivity index (χ2v) is 10.4. The number of hydrogen-bond donors (Lipinski definition) is 3. The Balaban J connectivity index is 1.46. The summed E-state index contributed by atoms with van der Waals surface area (Å²) < 4.78 is 28.0. The van der Waals surface area contributed by atoms with E-state index < -0.39 is 11.3 Å². The predicted molar refractivity (Wildman–Crippen MR) is 149 cm³/mol. The first kappa shape index (κ1) is 29.1. The molecular formula is C28H42N4O4S. The zero-order chi connectivity index (χ0) is 26.5. The van der Waals surface area contributed by atoms with Gasteiger partial charge in [-0.05, 0) is 61.1 Å². The number of likely N-dealkylation sites (tertiary alicyclic amines) is 1. The van der Waals surface area contributed by atoms with Crippen molar-refractivity contribution in [2.75, 3.05) is 26.2 Å². The molecule has 2 aromatic carbocycles. The number of nitrogens with one attached hydrogen (secondary N) is 2. The summed E-state index contributed by atoms with van der Waals surface area (Å²) in [5.41, 5.74) is 2.14. The average molecular weight is 531 g/mol. The summed E-state index contributed by atoms with van der Waals surface area (Å²) in [5.74, 6) is 1.49. The molecule has 9 heteroatoms. The van der Waals surface area contributed by atoms with Crippen molar-refractivity contribution < 1.29 is 18.3 Å². The largest absolute Gasteiger partial charge is 0.457 e. The third-order valence-corrected chi connectivity index (χ3v) is 7.10. The van der Waals surface area contributed by atoms with Gasteiger partial charge < -0.3 is 15.0 Å². The second kappa shape index (κ2) is 15.7. The highest BCUT2D eigenvalue weighted by Crippen LogP contribution is 2.24. The van der Waals surface area contributed by atoms with E-state index in [0.717, 1.165) is 88.3 Å². The lowest BCUT2D eigenvalue weighted by molar-refractivity contribution is 0.116. The molecule has 1 saturated heterocycles. The van der Waals surface area contributed by atoms with Crippen molar-refractivity contribution in [2.24, 2.45) is 0 Å². The molecule has 37 heavy (non-hydrogen) atoms. The van der Waals surface area contributed by atoms with E-state index in [1.54, 1.807) is 0 Å². The minimum Gasteiger partial charge on any atom is -0.457 e. The molecule has 1 unspecified atom stereocenters. The Labute approximate surface area is 224 Å². The lowest BCUT2D eigenvalue weighted by Gasteiger charge is -2.38. The highest BCUT2D eigenvalue weighted by molar-refractivity contribution is 7.77. The SMILES string of the molecule is CCCCNC(=O)N(CCCC)C1CCN(Cc2ccc(Oc3ccc(CNS(=O)O)cc3)cc2)CC1. The van der Waals surface area contributed by atoms with Crippen molar-refractivity contribution in [2.45, 2.75) is 71.5 Å². The number of hydrogen-bond acceptors (Lipinski definition) is 4. The Morgan fingerprint density at radius 2 is 1.59 bits per heavy atom. The van der Waals surface area contributed by atoms with Gasteiger partial charge in [-0.3, -0.25) is 9.45 Å². The molecule has 0 spiro atoms. The van der Waals surface area contributed by atoms with Crippen molar-refractivity contribution >= 4 is 17.3 Å². The Kier molecular flexibility index (Phi) is 12.4. The Hall–Kier alpha value is -2.46. The maximum atomic E-state index is 12.8. The first-order valence-corrected chi connectivity index (χ1v) is 14.6. The van der Waals surface area contributed by atoms with Gasteiger partial charge in [-0.1, -0.05) is 51.0 Å². The van der Waals surface area contributed by atoms with Crippen LogP contribution in [0.25, 0.3) is 0 Å². The van der Waals surface area contributed by atoms with Gasteiger partial charge in [-0.15, -0.1) is 0 Å². The molecule has 0 bridgehead atoms. The summed E-state index contributed by atoms with van der Waals surface area (Å²) in [4.78, 5) is 17.3. The van der Waals surface area contributed by atoms with Crippen LogP contribution in [0.4, 0.5) is 4.79 Å². The highest BCUT2D eigenvalue weighted by Gasteiger charge is 2.27. The molecule has 8 nitrogen and oxygen atoms in total. The summed E-state index contributed by atoms with van der Waals surface area (Å²) in [6, 6.07) is 16.0. The normalized spacial score (nSPS) is 15.3. The van der Waals surface area contributed by atoms with Crippen LogP contribution in [0.3, 0.4) is 0 Å². The van der Waals surface area contributed by atoms with Crippen LogP contribution in [-0.4, -0.2) is 56.8 Å². The molecule has 1 aliphatic rings. The van der Waals surface area contributed by atoms with E-state index in [1.807, 2.05) is 36.4 Å². The van der Waals surface area contributed by atoms with E-state index in [1.165, 1.54) is 5.56 Å². The molecule has 1 atom stereocenters. The number of benzene rings is 2. The average Bonchev–Trinajstić information content (AvgIpc) is 2.90. The van der Waals surface area contributed by atoms with Crippen LogP contribution in [0.15, 0.2) is 48.5 Å². The number of piperidine rings is 1. The topological polar surface area (TPSA) is 94.1 Å². The number of urea groups is 1. The third-order valence-electron chi connectivity index (χ3n) is 6.71. The fraction of sp³-hybridized carbons (Fsp3) is 0.536. The summed E-state index contributed by atoms with van der Waals surface area (Å²) >= 11 is -2.02. The number of ether oxygens (including phenoxy) is 1. The van der Waals surface area contributed by atoms with Crippen LogP contribution in [0.5, 0.6) is 11.5 Å². The lowest BCUT2D eigenvalue weighted by Crippen LogP contribution is -2.51. The zero-order valence-electron chi connectivity index (χ0n) is 22.2. The maximum Gasteiger partial charge on any atom is 0.317 e. The van der Waals surface area contributed by atoms with E-state index in [4.69, 9.17) is 9.29 Å². The number of carbonyl (C=O) groups is 1. The summed E-state index contributed by atoms with van der Waals surface area (Å²) in [6.07, 6.45) is 6.26. The Morgan fingerprint density at radius 3 is 2.16 bits per heavy atom. The molecule has 0 aromatic heterocycles. The van der Waals surface area contributed by atoms with Crippen LogP contribution < -0.4 is 14.8 Å². The first-order valence-electron chi connectivity index (χ1n) is 13.5. The first-order chi connectivity index (χ1) is 18.0. The molecule has 204 valence electrons. The van der Waals surface area contributed by atoms with Crippen molar-refractivity contribution in [1.29, 1.82) is 0 Å². The third kappa shape index (κ3) is 10.1. The summed E-state index contributed by atoms with van der Waals surface area (Å²) in [6.45, 7) is 9.08. The lowest BCUT2D eigenvalue weighted by atomic mass is 10.0. The van der Waals surface area contributed by atoms with Gasteiger partial charge in [0.2, 0.25) is 11.3 Å². The minimum atomic E-state index is -2.02. The van der Waals surface area contributed by atoms with Crippen LogP contribution in [0.2, 0.25) is 0 Å². The van der Waals surface area contributed by atoms with E-state index in [2.05, 4.69) is 45.8 Å². The summed E-state index contributed by atoms with van der Waals surface area (Å²) in [7, 11) is 0. The fourth-order valence-corrected chi connectivity index (χ4v) is 4.81. The standard InChI is InChI=1S/C28H42N4O4S/c1-3-5-17-29-28(33)32(18-6-4-2)25-15-19-31(20-16-25)22-24-9-13-27(14-10-24)36-26-11-7-23(8-12-26)21-30-37(34)35/h7-14,25,30H,3-6,15-22H2,1-2H3,(H,29,33)(H,34,35). The van der Waals surface area contributed by atoms with Crippen molar-refractivity contribution in [3.8, 4) is 11.5 Å². The molecule has 1 aliphatic heterocycles. The zero-order valence-corrected chi connectivity index (χ0v) is 23.0. The monoisotopic (exact) mass is 530 g/mol. The van der Waals surface area contributed by atoms with Gasteiger partial charge in [-0.2, -0.15) is 0 Å². The van der Waals surface area contributed by atoms with Gasteiger partial charge in [0.15, 0.2) is 0 Å². The Bertz CT molecular complexity index is 963. The predicted octanol–water partition coefficient (Wildman–Crippen LogP) is 5.28. The number of rotatable bonds is 14. The number of unbranched alkanes of at least 4 members (excludes halogenated alkanes) is 2. The van der Waals surface area contributed by atoms with Crippen molar-refractivity contribution in [3.05, 3.63) is 59.7 Å². The number of carbonyl (C=O) groups excluding carboxylic acids is 1. The molecule has 3 N–H and O–H groups in total. The molecule has 1 fully saturated rings. The molecule has 0 radical (unpaired) electrons. The van der Waals surface area contributed by atoms with Gasteiger partial charge in [0, 0.05) is 45.3 Å². The smallest absolute Gasteiger partial charge is 0.317 e. The van der Waals surface area contributed by atoms with Gasteiger partial charge in [-0.25, -0.2) is 13.7 Å². The molecule has 1 heterocycles. The second-order valence-electron chi connectivity index (χ2n) is 9.60. The molecule has 2 amide bonds. The maximum absolute atomic E-state index is 12.8.